The Morgan fingerprint density at radius 3 is 2.55 bits per heavy atom. The van der Waals surface area contributed by atoms with E-state index in [4.69, 9.17) is 16.3 Å². The van der Waals surface area contributed by atoms with Crippen LogP contribution in [0.3, 0.4) is 0 Å². The SMILES string of the molecule is O=C1S/C(=C\c2cccc(OCc3c(F)cccc3Cl)c2)C(=O)N1Cc1ccccc1. The van der Waals surface area contributed by atoms with Crippen LogP contribution in [0.1, 0.15) is 16.7 Å². The Hall–Kier alpha value is -3.09. The molecule has 0 radical (unpaired) electrons. The molecule has 0 bridgehead atoms. The van der Waals surface area contributed by atoms with Crippen LogP contribution < -0.4 is 4.74 Å². The van der Waals surface area contributed by atoms with Gasteiger partial charge < -0.3 is 4.74 Å². The molecule has 0 aromatic heterocycles. The fourth-order valence-corrected chi connectivity index (χ4v) is 4.13. The molecule has 1 heterocycles. The molecule has 0 atom stereocenters. The van der Waals surface area contributed by atoms with Crippen molar-refractivity contribution in [2.45, 2.75) is 13.2 Å². The van der Waals surface area contributed by atoms with E-state index in [0.717, 1.165) is 17.3 Å². The Morgan fingerprint density at radius 1 is 1.00 bits per heavy atom. The van der Waals surface area contributed by atoms with E-state index in [1.54, 1.807) is 36.4 Å². The zero-order valence-corrected chi connectivity index (χ0v) is 17.8. The number of nitrogens with zero attached hydrogens (tertiary/aromatic N) is 1. The van der Waals surface area contributed by atoms with Gasteiger partial charge in [0.15, 0.2) is 0 Å². The van der Waals surface area contributed by atoms with Gasteiger partial charge in [0, 0.05) is 5.56 Å². The molecule has 3 aromatic rings. The molecule has 1 aliphatic rings. The molecule has 4 nitrogen and oxygen atoms in total. The predicted octanol–water partition coefficient (Wildman–Crippen LogP) is 6.29. The van der Waals surface area contributed by atoms with Crippen LogP contribution in [0.25, 0.3) is 6.08 Å². The third kappa shape index (κ3) is 4.98. The van der Waals surface area contributed by atoms with Gasteiger partial charge in [0.1, 0.15) is 18.2 Å². The van der Waals surface area contributed by atoms with Crippen LogP contribution in [0, 0.1) is 5.82 Å². The van der Waals surface area contributed by atoms with Gasteiger partial charge in [0.25, 0.3) is 11.1 Å². The number of rotatable bonds is 6. The molecule has 156 valence electrons. The van der Waals surface area contributed by atoms with Gasteiger partial charge in [-0.3, -0.25) is 14.5 Å². The first kappa shape index (κ1) is 21.2. The number of benzene rings is 3. The van der Waals surface area contributed by atoms with Gasteiger partial charge in [0.05, 0.1) is 16.5 Å². The van der Waals surface area contributed by atoms with Crippen molar-refractivity contribution in [2.24, 2.45) is 0 Å². The maximum Gasteiger partial charge on any atom is 0.293 e. The molecule has 4 rings (SSSR count). The van der Waals surface area contributed by atoms with E-state index in [9.17, 15) is 14.0 Å². The Bertz CT molecular complexity index is 1150. The van der Waals surface area contributed by atoms with Gasteiger partial charge in [-0.15, -0.1) is 0 Å². The lowest BCUT2D eigenvalue weighted by Gasteiger charge is -2.12. The molecular weight excluding hydrogens is 437 g/mol. The van der Waals surface area contributed by atoms with E-state index < -0.39 is 5.82 Å². The summed E-state index contributed by atoms with van der Waals surface area (Å²) < 4.78 is 19.6. The lowest BCUT2D eigenvalue weighted by molar-refractivity contribution is -0.123. The minimum atomic E-state index is -0.434. The number of amides is 2. The van der Waals surface area contributed by atoms with Gasteiger partial charge in [-0.25, -0.2) is 4.39 Å². The van der Waals surface area contributed by atoms with Gasteiger partial charge in [-0.05, 0) is 53.2 Å². The van der Waals surface area contributed by atoms with Crippen LogP contribution in [-0.2, 0) is 17.9 Å². The van der Waals surface area contributed by atoms with Crippen molar-refractivity contribution in [3.8, 4) is 5.75 Å². The number of hydrogen-bond acceptors (Lipinski definition) is 4. The maximum atomic E-state index is 13.9. The van der Waals surface area contributed by atoms with E-state index in [-0.39, 0.29) is 29.9 Å². The number of imide groups is 1. The van der Waals surface area contributed by atoms with Crippen LogP contribution in [0.15, 0.2) is 77.7 Å². The average Bonchev–Trinajstić information content (AvgIpc) is 3.02. The molecule has 1 aliphatic heterocycles. The molecule has 1 saturated heterocycles. The van der Waals surface area contributed by atoms with Crippen molar-refractivity contribution in [1.82, 2.24) is 4.90 Å². The lowest BCUT2D eigenvalue weighted by Crippen LogP contribution is -2.27. The summed E-state index contributed by atoms with van der Waals surface area (Å²) in [5.74, 6) is -0.268. The van der Waals surface area contributed by atoms with Crippen molar-refractivity contribution in [1.29, 1.82) is 0 Å². The third-order valence-corrected chi connectivity index (χ3v) is 5.92. The summed E-state index contributed by atoms with van der Waals surface area (Å²) in [6, 6.07) is 20.8. The largest absolute Gasteiger partial charge is 0.489 e. The third-order valence-electron chi connectivity index (χ3n) is 4.66. The summed E-state index contributed by atoms with van der Waals surface area (Å²) in [7, 11) is 0. The minimum absolute atomic E-state index is 0.0252. The van der Waals surface area contributed by atoms with Crippen LogP contribution in [0.5, 0.6) is 5.75 Å². The molecule has 1 fully saturated rings. The van der Waals surface area contributed by atoms with Crippen molar-refractivity contribution < 1.29 is 18.7 Å². The number of carbonyl (C=O) groups is 2. The molecule has 0 aliphatic carbocycles. The van der Waals surface area contributed by atoms with Gasteiger partial charge in [-0.2, -0.15) is 0 Å². The number of ether oxygens (including phenoxy) is 1. The highest BCUT2D eigenvalue weighted by atomic mass is 35.5. The van der Waals surface area contributed by atoms with Crippen LogP contribution >= 0.6 is 23.4 Å². The molecule has 31 heavy (non-hydrogen) atoms. The second-order valence-electron chi connectivity index (χ2n) is 6.81. The fraction of sp³-hybridized carbons (Fsp3) is 0.0833. The summed E-state index contributed by atoms with van der Waals surface area (Å²) >= 11 is 6.94. The van der Waals surface area contributed by atoms with Crippen LogP contribution in [0.2, 0.25) is 5.02 Å². The summed E-state index contributed by atoms with van der Waals surface area (Å²) in [6.07, 6.45) is 1.65. The van der Waals surface area contributed by atoms with Crippen LogP contribution in [-0.4, -0.2) is 16.0 Å². The quantitative estimate of drug-likeness (QED) is 0.411. The first-order chi connectivity index (χ1) is 15.0. The Kier molecular flexibility index (Phi) is 6.39. The summed E-state index contributed by atoms with van der Waals surface area (Å²) in [6.45, 7) is 0.206. The monoisotopic (exact) mass is 453 g/mol. The van der Waals surface area contributed by atoms with E-state index in [1.165, 1.54) is 17.0 Å². The molecule has 0 spiro atoms. The molecule has 7 heteroatoms. The lowest BCUT2D eigenvalue weighted by atomic mass is 10.2. The first-order valence-electron chi connectivity index (χ1n) is 9.46. The van der Waals surface area contributed by atoms with E-state index in [1.807, 2.05) is 30.3 Å². The molecule has 3 aromatic carbocycles. The smallest absolute Gasteiger partial charge is 0.293 e. The van der Waals surface area contributed by atoms with Crippen molar-refractivity contribution >= 4 is 40.6 Å². The van der Waals surface area contributed by atoms with Crippen molar-refractivity contribution in [3.05, 3.63) is 105 Å². The number of carbonyl (C=O) groups excluding carboxylic acids is 2. The van der Waals surface area contributed by atoms with E-state index >= 15 is 0 Å². The molecule has 0 saturated carbocycles. The van der Waals surface area contributed by atoms with Gasteiger partial charge >= 0.3 is 0 Å². The highest BCUT2D eigenvalue weighted by molar-refractivity contribution is 8.18. The summed E-state index contributed by atoms with van der Waals surface area (Å²) in [4.78, 5) is 26.6. The Balaban J connectivity index is 1.48. The standard InChI is InChI=1S/C24H17ClFNO3S/c25-20-10-5-11-21(26)19(20)15-30-18-9-4-8-17(12-18)13-22-23(28)27(24(29)31-22)14-16-6-2-1-3-7-16/h1-13H,14-15H2/b22-13-. The second-order valence-corrected chi connectivity index (χ2v) is 8.22. The molecular formula is C24H17ClFNO3S. The summed E-state index contributed by atoms with van der Waals surface area (Å²) in [5, 5.41) is -0.00931. The fourth-order valence-electron chi connectivity index (χ4n) is 3.07. The highest BCUT2D eigenvalue weighted by Gasteiger charge is 2.34. The zero-order valence-electron chi connectivity index (χ0n) is 16.3. The van der Waals surface area contributed by atoms with E-state index in [0.29, 0.717) is 21.2 Å². The topological polar surface area (TPSA) is 46.6 Å². The predicted molar refractivity (Wildman–Crippen MR) is 120 cm³/mol. The van der Waals surface area contributed by atoms with Crippen molar-refractivity contribution in [3.63, 3.8) is 0 Å². The Labute approximate surface area is 188 Å². The first-order valence-corrected chi connectivity index (χ1v) is 10.7. The van der Waals surface area contributed by atoms with Crippen molar-refractivity contribution in [2.75, 3.05) is 0 Å². The molecule has 0 unspecified atom stereocenters. The maximum absolute atomic E-state index is 13.9. The number of hydrogen-bond donors (Lipinski definition) is 0. The molecule has 0 N–H and O–H groups in total. The zero-order chi connectivity index (χ0) is 21.8. The minimum Gasteiger partial charge on any atom is -0.489 e. The Morgan fingerprint density at radius 2 is 1.77 bits per heavy atom. The average molecular weight is 454 g/mol. The van der Waals surface area contributed by atoms with Crippen LogP contribution in [0.4, 0.5) is 9.18 Å². The van der Waals surface area contributed by atoms with Gasteiger partial charge in [-0.1, -0.05) is 60.1 Å². The summed E-state index contributed by atoms with van der Waals surface area (Å²) in [5.41, 5.74) is 1.85. The van der Waals surface area contributed by atoms with E-state index in [2.05, 4.69) is 0 Å². The molecule has 2 amide bonds. The number of halogens is 2. The normalized spacial score (nSPS) is 15.0. The van der Waals surface area contributed by atoms with Gasteiger partial charge in [0.2, 0.25) is 0 Å². The number of thioether (sulfide) groups is 1. The second kappa shape index (κ2) is 9.37. The highest BCUT2D eigenvalue weighted by Crippen LogP contribution is 2.33.